The van der Waals surface area contributed by atoms with Crippen LogP contribution in [0.2, 0.25) is 0 Å². The summed E-state index contributed by atoms with van der Waals surface area (Å²) in [7, 11) is 0. The lowest BCUT2D eigenvalue weighted by molar-refractivity contribution is 0.101. The lowest BCUT2D eigenvalue weighted by Crippen LogP contribution is -2.03. The summed E-state index contributed by atoms with van der Waals surface area (Å²) in [5.74, 6) is 0.252. The van der Waals surface area contributed by atoms with Crippen LogP contribution in [0.4, 0.5) is 0 Å². The van der Waals surface area contributed by atoms with Crippen LogP contribution in [-0.2, 0) is 5.88 Å². The Hall–Kier alpha value is -1.61. The Labute approximate surface area is 98.7 Å². The zero-order valence-electron chi connectivity index (χ0n) is 8.85. The van der Waals surface area contributed by atoms with E-state index in [1.165, 1.54) is 6.92 Å². The van der Waals surface area contributed by atoms with Gasteiger partial charge in [0.2, 0.25) is 0 Å². The summed E-state index contributed by atoms with van der Waals surface area (Å²) in [5.41, 5.74) is 2.23. The normalized spacial score (nSPS) is 10.4. The molecule has 0 atom stereocenters. The Morgan fingerprint density at radius 1 is 1.38 bits per heavy atom. The molecule has 0 spiro atoms. The summed E-state index contributed by atoms with van der Waals surface area (Å²) < 4.78 is 1.70. The van der Waals surface area contributed by atoms with Crippen LogP contribution in [0, 0.1) is 0 Å². The van der Waals surface area contributed by atoms with Crippen LogP contribution in [0.5, 0.6) is 0 Å². The van der Waals surface area contributed by atoms with Crippen LogP contribution in [0.3, 0.4) is 0 Å². The monoisotopic (exact) mass is 234 g/mol. The summed E-state index contributed by atoms with van der Waals surface area (Å²) in [4.78, 5) is 11.4. The maximum Gasteiger partial charge on any atom is 0.163 e. The maximum atomic E-state index is 11.4. The number of ketones is 1. The Morgan fingerprint density at radius 3 is 2.62 bits per heavy atom. The van der Waals surface area contributed by atoms with Crippen molar-refractivity contribution in [2.75, 3.05) is 0 Å². The first kappa shape index (κ1) is 10.9. The lowest BCUT2D eigenvalue weighted by atomic mass is 10.2. The smallest absolute Gasteiger partial charge is 0.163 e. The van der Waals surface area contributed by atoms with Gasteiger partial charge < -0.3 is 0 Å². The second-order valence-electron chi connectivity index (χ2n) is 3.44. The van der Waals surface area contributed by atoms with Crippen LogP contribution >= 0.6 is 11.6 Å². The van der Waals surface area contributed by atoms with Gasteiger partial charge in [-0.2, -0.15) is 5.10 Å². The Balaban J connectivity index is 2.54. The number of nitrogens with zero attached hydrogens (tertiary/aromatic N) is 2. The summed E-state index contributed by atoms with van der Waals surface area (Å²) in [5, 5.41) is 4.19. The number of hydrogen-bond donors (Lipinski definition) is 0. The van der Waals surface area contributed by atoms with Gasteiger partial charge in [0.05, 0.1) is 29.0 Å². The van der Waals surface area contributed by atoms with E-state index in [9.17, 15) is 4.79 Å². The number of halogens is 1. The van der Waals surface area contributed by atoms with Crippen molar-refractivity contribution in [3.63, 3.8) is 0 Å². The standard InChI is InChI=1S/C12H11ClN2O/c1-9(16)11-8-14-15(12(11)7-13)10-5-3-2-4-6-10/h2-6,8H,7H2,1H3. The van der Waals surface area contributed by atoms with Crippen molar-refractivity contribution in [1.82, 2.24) is 9.78 Å². The second-order valence-corrected chi connectivity index (χ2v) is 3.71. The highest BCUT2D eigenvalue weighted by Crippen LogP contribution is 2.17. The second kappa shape index (κ2) is 4.49. The van der Waals surface area contributed by atoms with Gasteiger partial charge in [0, 0.05) is 0 Å². The van der Waals surface area contributed by atoms with Gasteiger partial charge in [-0.1, -0.05) is 18.2 Å². The van der Waals surface area contributed by atoms with Gasteiger partial charge in [0.1, 0.15) is 0 Å². The van der Waals surface area contributed by atoms with E-state index in [0.717, 1.165) is 11.4 Å². The van der Waals surface area contributed by atoms with Gasteiger partial charge in [-0.3, -0.25) is 4.79 Å². The highest BCUT2D eigenvalue weighted by molar-refractivity contribution is 6.17. The number of hydrogen-bond acceptors (Lipinski definition) is 2. The molecule has 0 aliphatic heterocycles. The Kier molecular flexibility index (Phi) is 3.06. The molecule has 1 aromatic carbocycles. The number of carbonyl (C=O) groups excluding carboxylic acids is 1. The Bertz CT molecular complexity index is 505. The van der Waals surface area contributed by atoms with E-state index in [0.29, 0.717) is 5.56 Å². The molecule has 2 aromatic rings. The minimum atomic E-state index is -0.0159. The molecule has 82 valence electrons. The van der Waals surface area contributed by atoms with E-state index in [2.05, 4.69) is 5.10 Å². The molecule has 0 bridgehead atoms. The molecule has 0 aliphatic rings. The molecule has 0 unspecified atom stereocenters. The minimum absolute atomic E-state index is 0.0159. The van der Waals surface area contributed by atoms with Crippen molar-refractivity contribution in [2.24, 2.45) is 0 Å². The van der Waals surface area contributed by atoms with E-state index < -0.39 is 0 Å². The van der Waals surface area contributed by atoms with Crippen molar-refractivity contribution < 1.29 is 4.79 Å². The maximum absolute atomic E-state index is 11.4. The van der Waals surface area contributed by atoms with E-state index in [-0.39, 0.29) is 11.7 Å². The van der Waals surface area contributed by atoms with Gasteiger partial charge in [0.15, 0.2) is 5.78 Å². The van der Waals surface area contributed by atoms with Crippen LogP contribution in [0.15, 0.2) is 36.5 Å². The molecule has 0 fully saturated rings. The van der Waals surface area contributed by atoms with E-state index in [4.69, 9.17) is 11.6 Å². The van der Waals surface area contributed by atoms with Crippen LogP contribution in [0.1, 0.15) is 23.0 Å². The van der Waals surface area contributed by atoms with Gasteiger partial charge in [-0.05, 0) is 19.1 Å². The molecule has 4 heteroatoms. The van der Waals surface area contributed by atoms with Gasteiger partial charge in [0.25, 0.3) is 0 Å². The largest absolute Gasteiger partial charge is 0.294 e. The van der Waals surface area contributed by atoms with E-state index in [1.54, 1.807) is 10.9 Å². The van der Waals surface area contributed by atoms with Gasteiger partial charge in [-0.25, -0.2) is 4.68 Å². The summed E-state index contributed by atoms with van der Waals surface area (Å²) in [6.07, 6.45) is 1.56. The fraction of sp³-hybridized carbons (Fsp3) is 0.167. The van der Waals surface area contributed by atoms with Gasteiger partial charge >= 0.3 is 0 Å². The quantitative estimate of drug-likeness (QED) is 0.605. The van der Waals surface area contributed by atoms with Crippen LogP contribution < -0.4 is 0 Å². The Morgan fingerprint density at radius 2 is 2.06 bits per heavy atom. The molecule has 0 radical (unpaired) electrons. The molecule has 2 rings (SSSR count). The van der Waals surface area contributed by atoms with Crippen molar-refractivity contribution in [1.29, 1.82) is 0 Å². The zero-order chi connectivity index (χ0) is 11.5. The fourth-order valence-corrected chi connectivity index (χ4v) is 1.85. The minimum Gasteiger partial charge on any atom is -0.294 e. The molecular formula is C12H11ClN2O. The van der Waals surface area contributed by atoms with Crippen molar-refractivity contribution in [3.05, 3.63) is 47.8 Å². The molecule has 3 nitrogen and oxygen atoms in total. The number of para-hydroxylation sites is 1. The summed E-state index contributed by atoms with van der Waals surface area (Å²) in [6.45, 7) is 1.52. The van der Waals surface area contributed by atoms with Crippen molar-refractivity contribution in [2.45, 2.75) is 12.8 Å². The highest BCUT2D eigenvalue weighted by Gasteiger charge is 2.13. The molecule has 1 aromatic heterocycles. The fourth-order valence-electron chi connectivity index (χ4n) is 1.59. The number of benzene rings is 1. The van der Waals surface area contributed by atoms with E-state index in [1.807, 2.05) is 30.3 Å². The molecule has 16 heavy (non-hydrogen) atoms. The predicted octanol–water partition coefficient (Wildman–Crippen LogP) is 2.81. The SMILES string of the molecule is CC(=O)c1cnn(-c2ccccc2)c1CCl. The number of carbonyl (C=O) groups is 1. The zero-order valence-corrected chi connectivity index (χ0v) is 9.61. The van der Waals surface area contributed by atoms with Crippen LogP contribution in [-0.4, -0.2) is 15.6 Å². The van der Waals surface area contributed by atoms with Crippen molar-refractivity contribution in [3.8, 4) is 5.69 Å². The summed E-state index contributed by atoms with van der Waals surface area (Å²) >= 11 is 5.86. The molecule has 0 saturated carbocycles. The molecule has 0 saturated heterocycles. The van der Waals surface area contributed by atoms with Gasteiger partial charge in [-0.15, -0.1) is 11.6 Å². The number of alkyl halides is 1. The molecular weight excluding hydrogens is 224 g/mol. The highest BCUT2D eigenvalue weighted by atomic mass is 35.5. The summed E-state index contributed by atoms with van der Waals surface area (Å²) in [6, 6.07) is 9.62. The number of rotatable bonds is 3. The topological polar surface area (TPSA) is 34.9 Å². The van der Waals surface area contributed by atoms with Crippen molar-refractivity contribution >= 4 is 17.4 Å². The average Bonchev–Trinajstić information content (AvgIpc) is 2.73. The number of Topliss-reactive ketones (excluding diaryl/α,β-unsaturated/α-hetero) is 1. The third-order valence-corrected chi connectivity index (χ3v) is 2.63. The molecule has 0 N–H and O–H groups in total. The number of aromatic nitrogens is 2. The van der Waals surface area contributed by atoms with Crippen LogP contribution in [0.25, 0.3) is 5.69 Å². The first-order valence-corrected chi connectivity index (χ1v) is 5.46. The third-order valence-electron chi connectivity index (χ3n) is 2.38. The molecule has 0 amide bonds. The first-order chi connectivity index (χ1) is 7.74. The lowest BCUT2D eigenvalue weighted by Gasteiger charge is -2.05. The molecule has 1 heterocycles. The first-order valence-electron chi connectivity index (χ1n) is 4.93. The predicted molar refractivity (Wildman–Crippen MR) is 63.1 cm³/mol. The van der Waals surface area contributed by atoms with E-state index >= 15 is 0 Å². The third kappa shape index (κ3) is 1.86. The molecule has 0 aliphatic carbocycles. The average molecular weight is 235 g/mol.